The quantitative estimate of drug-likeness (QED) is 0.887. The first kappa shape index (κ1) is 16.6. The van der Waals surface area contributed by atoms with Gasteiger partial charge >= 0.3 is 0 Å². The molecule has 0 bridgehead atoms. The minimum atomic E-state index is -0.831. The zero-order valence-electron chi connectivity index (χ0n) is 13.8. The molecule has 5 nitrogen and oxygen atoms in total. The van der Waals surface area contributed by atoms with Crippen LogP contribution in [0.2, 0.25) is 0 Å². The summed E-state index contributed by atoms with van der Waals surface area (Å²) >= 11 is 0. The molecule has 24 heavy (non-hydrogen) atoms. The molecule has 0 saturated heterocycles. The minimum absolute atomic E-state index is 0.0138. The van der Waals surface area contributed by atoms with Gasteiger partial charge in [-0.25, -0.2) is 0 Å². The van der Waals surface area contributed by atoms with Gasteiger partial charge in [0.25, 0.3) is 0 Å². The standard InChI is InChI=1S/C19H23N3O2/c23-18(12-19(24)7-1-2-8-19)22(14-16-5-10-20-11-6-16)15-17-4-3-9-21-13-17/h3-6,9-11,13,24H,1-2,7-8,12,14-15H2. The zero-order chi connectivity index (χ0) is 16.8. The maximum absolute atomic E-state index is 12.8. The number of carbonyl (C=O) groups is 1. The number of rotatable bonds is 6. The SMILES string of the molecule is O=C(CC1(O)CCCC1)N(Cc1ccncc1)Cc1cccnc1. The van der Waals surface area contributed by atoms with Crippen molar-refractivity contribution in [3.8, 4) is 0 Å². The van der Waals surface area contributed by atoms with Gasteiger partial charge in [0.1, 0.15) is 0 Å². The normalized spacial score (nSPS) is 16.0. The number of hydrogen-bond acceptors (Lipinski definition) is 4. The molecule has 1 aliphatic rings. The summed E-state index contributed by atoms with van der Waals surface area (Å²) in [6, 6.07) is 7.65. The highest BCUT2D eigenvalue weighted by Crippen LogP contribution is 2.33. The molecule has 5 heteroatoms. The van der Waals surface area contributed by atoms with Crippen molar-refractivity contribution in [1.29, 1.82) is 0 Å². The summed E-state index contributed by atoms with van der Waals surface area (Å²) in [6.45, 7) is 0.997. The van der Waals surface area contributed by atoms with Crippen LogP contribution in [0.3, 0.4) is 0 Å². The number of amides is 1. The number of nitrogens with zero attached hydrogens (tertiary/aromatic N) is 3. The highest BCUT2D eigenvalue weighted by molar-refractivity contribution is 5.77. The van der Waals surface area contributed by atoms with Crippen LogP contribution in [0.15, 0.2) is 49.1 Å². The van der Waals surface area contributed by atoms with Gasteiger partial charge in [0.15, 0.2) is 0 Å². The lowest BCUT2D eigenvalue weighted by atomic mass is 9.97. The Balaban J connectivity index is 1.74. The minimum Gasteiger partial charge on any atom is -0.389 e. The van der Waals surface area contributed by atoms with Gasteiger partial charge in [0, 0.05) is 37.9 Å². The van der Waals surface area contributed by atoms with Crippen molar-refractivity contribution in [1.82, 2.24) is 14.9 Å². The summed E-state index contributed by atoms with van der Waals surface area (Å²) in [4.78, 5) is 22.8. The summed E-state index contributed by atoms with van der Waals surface area (Å²) in [5, 5.41) is 10.6. The first-order chi connectivity index (χ1) is 11.6. The molecule has 1 amide bonds. The third-order valence-electron chi connectivity index (χ3n) is 4.59. The lowest BCUT2D eigenvalue weighted by molar-refractivity contribution is -0.137. The molecular weight excluding hydrogens is 302 g/mol. The Labute approximate surface area is 142 Å². The van der Waals surface area contributed by atoms with Crippen LogP contribution in [-0.2, 0) is 17.9 Å². The molecule has 0 atom stereocenters. The predicted octanol–water partition coefficient (Wildman–Crippen LogP) is 2.70. The van der Waals surface area contributed by atoms with Crippen molar-refractivity contribution in [2.24, 2.45) is 0 Å². The van der Waals surface area contributed by atoms with E-state index in [0.29, 0.717) is 25.9 Å². The van der Waals surface area contributed by atoms with Crippen LogP contribution in [-0.4, -0.2) is 31.5 Å². The van der Waals surface area contributed by atoms with Crippen molar-refractivity contribution in [3.05, 3.63) is 60.2 Å². The van der Waals surface area contributed by atoms with Gasteiger partial charge in [0.05, 0.1) is 12.0 Å². The van der Waals surface area contributed by atoms with Gasteiger partial charge in [-0.1, -0.05) is 18.9 Å². The molecule has 0 aromatic carbocycles. The first-order valence-electron chi connectivity index (χ1n) is 8.43. The molecule has 1 aliphatic carbocycles. The molecule has 1 saturated carbocycles. The first-order valence-corrected chi connectivity index (χ1v) is 8.43. The molecule has 0 aliphatic heterocycles. The van der Waals surface area contributed by atoms with E-state index in [9.17, 15) is 9.90 Å². The third-order valence-corrected chi connectivity index (χ3v) is 4.59. The molecule has 0 unspecified atom stereocenters. The van der Waals surface area contributed by atoms with Gasteiger partial charge in [-0.05, 0) is 42.2 Å². The molecule has 2 aromatic heterocycles. The van der Waals surface area contributed by atoms with Crippen LogP contribution in [0.5, 0.6) is 0 Å². The Morgan fingerprint density at radius 3 is 2.42 bits per heavy atom. The molecule has 3 rings (SSSR count). The highest BCUT2D eigenvalue weighted by Gasteiger charge is 2.34. The van der Waals surface area contributed by atoms with Crippen LogP contribution in [0.1, 0.15) is 43.2 Å². The molecule has 2 aromatic rings. The predicted molar refractivity (Wildman–Crippen MR) is 90.8 cm³/mol. The maximum Gasteiger partial charge on any atom is 0.226 e. The van der Waals surface area contributed by atoms with E-state index >= 15 is 0 Å². The van der Waals surface area contributed by atoms with Gasteiger partial charge in [-0.15, -0.1) is 0 Å². The Morgan fingerprint density at radius 2 is 1.75 bits per heavy atom. The zero-order valence-corrected chi connectivity index (χ0v) is 13.8. The monoisotopic (exact) mass is 325 g/mol. The number of carbonyl (C=O) groups excluding carboxylic acids is 1. The van der Waals surface area contributed by atoms with E-state index in [1.807, 2.05) is 24.3 Å². The van der Waals surface area contributed by atoms with E-state index < -0.39 is 5.60 Å². The Bertz CT molecular complexity index is 613. The largest absolute Gasteiger partial charge is 0.389 e. The van der Waals surface area contributed by atoms with Crippen LogP contribution in [0, 0.1) is 0 Å². The van der Waals surface area contributed by atoms with Crippen LogP contribution >= 0.6 is 0 Å². The second-order valence-electron chi connectivity index (χ2n) is 6.57. The van der Waals surface area contributed by atoms with Crippen molar-refractivity contribution in [2.45, 2.75) is 50.8 Å². The van der Waals surface area contributed by atoms with Crippen molar-refractivity contribution < 1.29 is 9.90 Å². The molecule has 126 valence electrons. The lowest BCUT2D eigenvalue weighted by Gasteiger charge is -2.28. The number of aliphatic hydroxyl groups is 1. The van der Waals surface area contributed by atoms with E-state index in [-0.39, 0.29) is 12.3 Å². The van der Waals surface area contributed by atoms with E-state index in [0.717, 1.165) is 24.0 Å². The van der Waals surface area contributed by atoms with Gasteiger partial charge in [0.2, 0.25) is 5.91 Å². The molecule has 2 heterocycles. The van der Waals surface area contributed by atoms with E-state index in [4.69, 9.17) is 0 Å². The molecule has 0 radical (unpaired) electrons. The second-order valence-corrected chi connectivity index (χ2v) is 6.57. The topological polar surface area (TPSA) is 66.3 Å². The average Bonchev–Trinajstić information content (AvgIpc) is 3.02. The molecule has 1 fully saturated rings. The summed E-state index contributed by atoms with van der Waals surface area (Å²) in [7, 11) is 0. The van der Waals surface area contributed by atoms with E-state index in [2.05, 4.69) is 9.97 Å². The van der Waals surface area contributed by atoms with Gasteiger partial charge < -0.3 is 10.0 Å². The molecule has 1 N–H and O–H groups in total. The van der Waals surface area contributed by atoms with Gasteiger partial charge in [-0.2, -0.15) is 0 Å². The molecule has 0 spiro atoms. The lowest BCUT2D eigenvalue weighted by Crippen LogP contribution is -2.37. The Morgan fingerprint density at radius 1 is 1.04 bits per heavy atom. The maximum atomic E-state index is 12.8. The summed E-state index contributed by atoms with van der Waals surface area (Å²) in [6.07, 6.45) is 10.6. The van der Waals surface area contributed by atoms with Crippen molar-refractivity contribution >= 4 is 5.91 Å². The smallest absolute Gasteiger partial charge is 0.226 e. The van der Waals surface area contributed by atoms with Gasteiger partial charge in [-0.3, -0.25) is 14.8 Å². The fourth-order valence-corrected chi connectivity index (χ4v) is 3.26. The number of pyridine rings is 2. The van der Waals surface area contributed by atoms with Crippen LogP contribution in [0.25, 0.3) is 0 Å². The second kappa shape index (κ2) is 7.53. The number of aromatic nitrogens is 2. The number of hydrogen-bond donors (Lipinski definition) is 1. The fraction of sp³-hybridized carbons (Fsp3) is 0.421. The third kappa shape index (κ3) is 4.38. The van der Waals surface area contributed by atoms with E-state index in [1.54, 1.807) is 29.7 Å². The average molecular weight is 325 g/mol. The summed E-state index contributed by atoms with van der Waals surface area (Å²) in [5.74, 6) is -0.0138. The molecular formula is C19H23N3O2. The van der Waals surface area contributed by atoms with E-state index in [1.165, 1.54) is 0 Å². The van der Waals surface area contributed by atoms with Crippen molar-refractivity contribution in [3.63, 3.8) is 0 Å². The van der Waals surface area contributed by atoms with Crippen LogP contribution in [0.4, 0.5) is 0 Å². The fourth-order valence-electron chi connectivity index (χ4n) is 3.26. The Kier molecular flexibility index (Phi) is 5.20. The summed E-state index contributed by atoms with van der Waals surface area (Å²) in [5.41, 5.74) is 1.18. The highest BCUT2D eigenvalue weighted by atomic mass is 16.3. The van der Waals surface area contributed by atoms with Crippen LogP contribution < -0.4 is 0 Å². The Hall–Kier alpha value is -2.27. The summed E-state index contributed by atoms with van der Waals surface area (Å²) < 4.78 is 0. The van der Waals surface area contributed by atoms with Crippen molar-refractivity contribution in [2.75, 3.05) is 0 Å².